The summed E-state index contributed by atoms with van der Waals surface area (Å²) in [4.78, 5) is 16.2. The van der Waals surface area contributed by atoms with Crippen molar-refractivity contribution in [3.05, 3.63) is 53.5 Å². The quantitative estimate of drug-likeness (QED) is 0.703. The van der Waals surface area contributed by atoms with Gasteiger partial charge in [0.2, 0.25) is 0 Å². The third-order valence-corrected chi connectivity index (χ3v) is 3.78. The molecule has 3 rings (SSSR count). The molecule has 0 aliphatic heterocycles. The molecule has 2 N–H and O–H groups in total. The van der Waals surface area contributed by atoms with Crippen molar-refractivity contribution in [3.63, 3.8) is 0 Å². The average molecular weight is 315 g/mol. The fraction of sp³-hybridized carbons (Fsp3) is 0.143. The SMILES string of the molecule is Cc1cc(NC(=O)c2cccc(CSc3ncn[nH]3)c2)no1. The zero-order chi connectivity index (χ0) is 15.4. The number of nitrogens with one attached hydrogen (secondary N) is 2. The van der Waals surface area contributed by atoms with Crippen LogP contribution in [0.3, 0.4) is 0 Å². The molecule has 0 saturated heterocycles. The number of hydrogen-bond donors (Lipinski definition) is 2. The van der Waals surface area contributed by atoms with Gasteiger partial charge in [0.15, 0.2) is 11.0 Å². The van der Waals surface area contributed by atoms with E-state index in [1.165, 1.54) is 18.1 Å². The summed E-state index contributed by atoms with van der Waals surface area (Å²) < 4.78 is 4.92. The second-order valence-electron chi connectivity index (χ2n) is 4.56. The Kier molecular flexibility index (Phi) is 4.19. The summed E-state index contributed by atoms with van der Waals surface area (Å²) in [7, 11) is 0. The molecule has 0 unspecified atom stereocenters. The Bertz CT molecular complexity index is 769. The summed E-state index contributed by atoms with van der Waals surface area (Å²) in [6.45, 7) is 1.77. The maximum Gasteiger partial charge on any atom is 0.256 e. The Labute approximate surface area is 130 Å². The van der Waals surface area contributed by atoms with E-state index < -0.39 is 0 Å². The molecule has 0 spiro atoms. The third kappa shape index (κ3) is 3.53. The molecule has 1 aromatic carbocycles. The number of amides is 1. The van der Waals surface area contributed by atoms with E-state index >= 15 is 0 Å². The maximum absolute atomic E-state index is 12.2. The van der Waals surface area contributed by atoms with Crippen LogP contribution in [0.25, 0.3) is 0 Å². The Hall–Kier alpha value is -2.61. The lowest BCUT2D eigenvalue weighted by molar-refractivity contribution is 0.102. The number of benzene rings is 1. The molecular formula is C14H13N5O2S. The summed E-state index contributed by atoms with van der Waals surface area (Å²) in [5, 5.41) is 13.8. The molecule has 1 amide bonds. The first kappa shape index (κ1) is 14.3. The summed E-state index contributed by atoms with van der Waals surface area (Å²) in [5.41, 5.74) is 1.58. The summed E-state index contributed by atoms with van der Waals surface area (Å²) in [6.07, 6.45) is 1.46. The zero-order valence-corrected chi connectivity index (χ0v) is 12.6. The van der Waals surface area contributed by atoms with Crippen LogP contribution >= 0.6 is 11.8 Å². The Morgan fingerprint density at radius 2 is 2.32 bits per heavy atom. The Morgan fingerprint density at radius 1 is 1.41 bits per heavy atom. The van der Waals surface area contributed by atoms with Crippen LogP contribution in [0.15, 0.2) is 46.3 Å². The number of rotatable bonds is 5. The van der Waals surface area contributed by atoms with E-state index in [4.69, 9.17) is 4.52 Å². The van der Waals surface area contributed by atoms with Crippen LogP contribution in [0.1, 0.15) is 21.7 Å². The lowest BCUT2D eigenvalue weighted by Gasteiger charge is -2.04. The first-order valence-electron chi connectivity index (χ1n) is 6.52. The van der Waals surface area contributed by atoms with Gasteiger partial charge < -0.3 is 9.84 Å². The van der Waals surface area contributed by atoms with Gasteiger partial charge in [0.05, 0.1) is 0 Å². The molecule has 3 aromatic rings. The molecule has 0 atom stereocenters. The van der Waals surface area contributed by atoms with Crippen molar-refractivity contribution in [1.82, 2.24) is 20.3 Å². The molecule has 0 aliphatic rings. The van der Waals surface area contributed by atoms with Gasteiger partial charge in [-0.2, -0.15) is 5.10 Å². The normalized spacial score (nSPS) is 10.6. The maximum atomic E-state index is 12.2. The fourth-order valence-electron chi connectivity index (χ4n) is 1.83. The minimum Gasteiger partial charge on any atom is -0.360 e. The number of H-pyrrole nitrogens is 1. The van der Waals surface area contributed by atoms with E-state index in [1.54, 1.807) is 19.1 Å². The lowest BCUT2D eigenvalue weighted by atomic mass is 10.1. The molecule has 0 saturated carbocycles. The Morgan fingerprint density at radius 3 is 3.05 bits per heavy atom. The predicted octanol–water partition coefficient (Wildman–Crippen LogP) is 2.65. The van der Waals surface area contributed by atoms with Gasteiger partial charge in [-0.1, -0.05) is 29.1 Å². The lowest BCUT2D eigenvalue weighted by Crippen LogP contribution is -2.12. The van der Waals surface area contributed by atoms with E-state index in [9.17, 15) is 4.79 Å². The van der Waals surface area contributed by atoms with Crippen molar-refractivity contribution in [2.45, 2.75) is 17.8 Å². The number of carbonyl (C=O) groups is 1. The van der Waals surface area contributed by atoms with Crippen LogP contribution in [-0.4, -0.2) is 26.2 Å². The summed E-state index contributed by atoms with van der Waals surface area (Å²) >= 11 is 1.52. The second-order valence-corrected chi connectivity index (χ2v) is 5.52. The smallest absolute Gasteiger partial charge is 0.256 e. The minimum absolute atomic E-state index is 0.222. The van der Waals surface area contributed by atoms with Crippen molar-refractivity contribution in [2.75, 3.05) is 5.32 Å². The molecule has 2 aromatic heterocycles. The van der Waals surface area contributed by atoms with Gasteiger partial charge in [-0.3, -0.25) is 9.89 Å². The first-order chi connectivity index (χ1) is 10.7. The summed E-state index contributed by atoms with van der Waals surface area (Å²) in [5.74, 6) is 1.52. The monoisotopic (exact) mass is 315 g/mol. The van der Waals surface area contributed by atoms with Gasteiger partial charge in [-0.25, -0.2) is 4.98 Å². The summed E-state index contributed by atoms with van der Waals surface area (Å²) in [6, 6.07) is 9.07. The molecule has 112 valence electrons. The number of anilines is 1. The van der Waals surface area contributed by atoms with Crippen LogP contribution < -0.4 is 5.32 Å². The minimum atomic E-state index is -0.222. The standard InChI is InChI=1S/C14H13N5O2S/c1-9-5-12(19-21-9)17-13(20)11-4-2-3-10(6-11)7-22-14-15-8-16-18-14/h2-6,8H,7H2,1H3,(H,15,16,18)(H,17,19,20). The Balaban J connectivity index is 1.66. The highest BCUT2D eigenvalue weighted by molar-refractivity contribution is 7.98. The van der Waals surface area contributed by atoms with Crippen molar-refractivity contribution < 1.29 is 9.32 Å². The molecule has 0 radical (unpaired) electrons. The van der Waals surface area contributed by atoms with Gasteiger partial charge in [0.1, 0.15) is 12.1 Å². The van der Waals surface area contributed by atoms with Crippen molar-refractivity contribution in [1.29, 1.82) is 0 Å². The van der Waals surface area contributed by atoms with Crippen LogP contribution in [0.5, 0.6) is 0 Å². The first-order valence-corrected chi connectivity index (χ1v) is 7.51. The number of hydrogen-bond acceptors (Lipinski definition) is 6. The van der Waals surface area contributed by atoms with Gasteiger partial charge in [-0.05, 0) is 24.6 Å². The highest BCUT2D eigenvalue weighted by Crippen LogP contribution is 2.19. The largest absolute Gasteiger partial charge is 0.360 e. The molecule has 7 nitrogen and oxygen atoms in total. The second kappa shape index (κ2) is 6.44. The number of carbonyl (C=O) groups excluding carboxylic acids is 1. The van der Waals surface area contributed by atoms with Gasteiger partial charge >= 0.3 is 0 Å². The number of aromatic nitrogens is 4. The van der Waals surface area contributed by atoms with Crippen LogP contribution in [0, 0.1) is 6.92 Å². The number of aromatic amines is 1. The molecule has 22 heavy (non-hydrogen) atoms. The van der Waals surface area contributed by atoms with E-state index in [0.717, 1.165) is 10.7 Å². The van der Waals surface area contributed by atoms with Crippen LogP contribution in [0.2, 0.25) is 0 Å². The van der Waals surface area contributed by atoms with Crippen LogP contribution in [-0.2, 0) is 5.75 Å². The van der Waals surface area contributed by atoms with Crippen LogP contribution in [0.4, 0.5) is 5.82 Å². The zero-order valence-electron chi connectivity index (χ0n) is 11.7. The molecular weight excluding hydrogens is 302 g/mol. The fourth-order valence-corrected chi connectivity index (χ4v) is 2.55. The van der Waals surface area contributed by atoms with E-state index in [1.807, 2.05) is 18.2 Å². The average Bonchev–Trinajstić information content (AvgIpc) is 3.17. The number of thioether (sulfide) groups is 1. The highest BCUT2D eigenvalue weighted by atomic mass is 32.2. The van der Waals surface area contributed by atoms with E-state index in [2.05, 4.69) is 25.7 Å². The highest BCUT2D eigenvalue weighted by Gasteiger charge is 2.09. The topological polar surface area (TPSA) is 96.7 Å². The molecule has 0 aliphatic carbocycles. The predicted molar refractivity (Wildman–Crippen MR) is 81.6 cm³/mol. The van der Waals surface area contributed by atoms with Crippen molar-refractivity contribution in [2.24, 2.45) is 0 Å². The molecule has 0 bridgehead atoms. The number of aryl methyl sites for hydroxylation is 1. The van der Waals surface area contributed by atoms with Crippen molar-refractivity contribution in [3.8, 4) is 0 Å². The van der Waals surface area contributed by atoms with E-state index in [0.29, 0.717) is 22.9 Å². The molecule has 8 heteroatoms. The number of nitrogens with zero attached hydrogens (tertiary/aromatic N) is 3. The van der Waals surface area contributed by atoms with Gasteiger partial charge in [-0.15, -0.1) is 0 Å². The van der Waals surface area contributed by atoms with Gasteiger partial charge in [0, 0.05) is 17.4 Å². The molecule has 0 fully saturated rings. The third-order valence-electron chi connectivity index (χ3n) is 2.83. The van der Waals surface area contributed by atoms with Crippen molar-refractivity contribution >= 4 is 23.5 Å². The molecule has 2 heterocycles. The van der Waals surface area contributed by atoms with E-state index in [-0.39, 0.29) is 5.91 Å². The van der Waals surface area contributed by atoms with Gasteiger partial charge in [0.25, 0.3) is 5.91 Å².